The first kappa shape index (κ1) is 10.4. The Morgan fingerprint density at radius 3 is 2.93 bits per heavy atom. The molecule has 80 valence electrons. The fraction of sp³-hybridized carbons (Fsp3) is 0.364. The Bertz CT molecular complexity index is 381. The summed E-state index contributed by atoms with van der Waals surface area (Å²) in [5.41, 5.74) is 2.53. The van der Waals surface area contributed by atoms with Gasteiger partial charge in [-0.3, -0.25) is 0 Å². The number of nitrogens with one attached hydrogen (secondary N) is 1. The maximum atomic E-state index is 10.6. The minimum absolute atomic E-state index is 0.00917. The zero-order valence-corrected chi connectivity index (χ0v) is 9.25. The Balaban J connectivity index is 2.24. The Kier molecular flexibility index (Phi) is 2.86. The van der Waals surface area contributed by atoms with Crippen LogP contribution in [0.2, 0.25) is 0 Å². The second-order valence-electron chi connectivity index (χ2n) is 3.62. The fourth-order valence-corrected chi connectivity index (χ4v) is 3.11. The van der Waals surface area contributed by atoms with Gasteiger partial charge in [0.2, 0.25) is 0 Å². The van der Waals surface area contributed by atoms with Crippen molar-refractivity contribution in [2.45, 2.75) is 17.7 Å². The number of hydrogen-bond acceptors (Lipinski definition) is 2. The summed E-state index contributed by atoms with van der Waals surface area (Å²) < 4.78 is 0. The summed E-state index contributed by atoms with van der Waals surface area (Å²) in [7, 11) is 0. The normalized spacial score (nSPS) is 23.5. The fourth-order valence-electron chi connectivity index (χ4n) is 2.13. The molecule has 1 aliphatic rings. The number of thioether (sulfide) groups is 1. The van der Waals surface area contributed by atoms with Crippen LogP contribution in [0.3, 0.4) is 0 Å². The van der Waals surface area contributed by atoms with Crippen LogP contribution in [-0.2, 0) is 6.42 Å². The van der Waals surface area contributed by atoms with E-state index < -0.39 is 6.09 Å². The van der Waals surface area contributed by atoms with Crippen LogP contribution in [0, 0.1) is 0 Å². The third-order valence-electron chi connectivity index (χ3n) is 2.73. The van der Waals surface area contributed by atoms with E-state index in [-0.39, 0.29) is 11.3 Å². The molecule has 15 heavy (non-hydrogen) atoms. The molecule has 0 heterocycles. The lowest BCUT2D eigenvalue weighted by Gasteiger charge is -2.17. The van der Waals surface area contributed by atoms with Crippen molar-refractivity contribution in [3.05, 3.63) is 35.4 Å². The second kappa shape index (κ2) is 4.14. The molecule has 0 spiro atoms. The van der Waals surface area contributed by atoms with E-state index in [4.69, 9.17) is 5.11 Å². The summed E-state index contributed by atoms with van der Waals surface area (Å²) in [6.45, 7) is 0. The van der Waals surface area contributed by atoms with Crippen molar-refractivity contribution in [3.63, 3.8) is 0 Å². The Morgan fingerprint density at radius 1 is 1.53 bits per heavy atom. The molecule has 1 aromatic rings. The lowest BCUT2D eigenvalue weighted by Crippen LogP contribution is -2.35. The maximum Gasteiger partial charge on any atom is 0.404 e. The second-order valence-corrected chi connectivity index (χ2v) is 4.59. The monoisotopic (exact) mass is 223 g/mol. The SMILES string of the molecule is CSC1c2ccccc2CC1NC(=O)O. The van der Waals surface area contributed by atoms with E-state index in [0.717, 1.165) is 6.42 Å². The van der Waals surface area contributed by atoms with Gasteiger partial charge in [0.25, 0.3) is 0 Å². The molecule has 4 heteroatoms. The minimum Gasteiger partial charge on any atom is -0.465 e. The lowest BCUT2D eigenvalue weighted by atomic mass is 10.1. The van der Waals surface area contributed by atoms with E-state index in [2.05, 4.69) is 17.4 Å². The number of hydrogen-bond donors (Lipinski definition) is 2. The predicted octanol–water partition coefficient (Wildman–Crippen LogP) is 2.28. The summed E-state index contributed by atoms with van der Waals surface area (Å²) in [4.78, 5) is 10.6. The number of carboxylic acid groups (broad SMARTS) is 1. The summed E-state index contributed by atoms with van der Waals surface area (Å²) >= 11 is 1.70. The van der Waals surface area contributed by atoms with E-state index in [1.807, 2.05) is 18.4 Å². The van der Waals surface area contributed by atoms with Gasteiger partial charge < -0.3 is 10.4 Å². The molecule has 0 saturated heterocycles. The highest BCUT2D eigenvalue weighted by atomic mass is 32.2. The number of benzene rings is 1. The molecule has 0 fully saturated rings. The standard InChI is InChI=1S/C11H13NO2S/c1-15-10-8-5-3-2-4-7(8)6-9(10)12-11(13)14/h2-5,9-10,12H,6H2,1H3,(H,13,14). The Morgan fingerprint density at radius 2 is 2.27 bits per heavy atom. The van der Waals surface area contributed by atoms with Gasteiger partial charge >= 0.3 is 6.09 Å². The van der Waals surface area contributed by atoms with Crippen molar-refractivity contribution in [2.75, 3.05) is 6.26 Å². The maximum absolute atomic E-state index is 10.6. The number of amides is 1. The molecule has 2 unspecified atom stereocenters. The number of fused-ring (bicyclic) bond motifs is 1. The molecular formula is C11H13NO2S. The van der Waals surface area contributed by atoms with Crippen LogP contribution in [0.25, 0.3) is 0 Å². The van der Waals surface area contributed by atoms with Crippen LogP contribution in [0.15, 0.2) is 24.3 Å². The van der Waals surface area contributed by atoms with E-state index >= 15 is 0 Å². The molecule has 3 nitrogen and oxygen atoms in total. The van der Waals surface area contributed by atoms with Crippen LogP contribution in [0.4, 0.5) is 4.79 Å². The summed E-state index contributed by atoms with van der Waals surface area (Å²) in [6.07, 6.45) is 1.88. The third kappa shape index (κ3) is 1.95. The zero-order valence-electron chi connectivity index (χ0n) is 8.43. The van der Waals surface area contributed by atoms with Crippen molar-refractivity contribution in [1.82, 2.24) is 5.32 Å². The van der Waals surface area contributed by atoms with Crippen LogP contribution >= 0.6 is 11.8 Å². The highest BCUT2D eigenvalue weighted by Gasteiger charge is 2.32. The molecule has 2 rings (SSSR count). The Labute approximate surface area is 92.9 Å². The van der Waals surface area contributed by atoms with Crippen LogP contribution in [-0.4, -0.2) is 23.5 Å². The van der Waals surface area contributed by atoms with Crippen molar-refractivity contribution in [1.29, 1.82) is 0 Å². The van der Waals surface area contributed by atoms with Gasteiger partial charge in [-0.25, -0.2) is 4.79 Å². The molecule has 2 N–H and O–H groups in total. The van der Waals surface area contributed by atoms with Gasteiger partial charge in [-0.2, -0.15) is 11.8 Å². The van der Waals surface area contributed by atoms with Crippen LogP contribution in [0.1, 0.15) is 16.4 Å². The van der Waals surface area contributed by atoms with Crippen molar-refractivity contribution >= 4 is 17.9 Å². The van der Waals surface area contributed by atoms with E-state index in [0.29, 0.717) is 0 Å². The van der Waals surface area contributed by atoms with E-state index in [1.54, 1.807) is 11.8 Å². The van der Waals surface area contributed by atoms with Gasteiger partial charge in [0.1, 0.15) is 0 Å². The quantitative estimate of drug-likeness (QED) is 0.808. The van der Waals surface area contributed by atoms with Crippen molar-refractivity contribution in [3.8, 4) is 0 Å². The highest BCUT2D eigenvalue weighted by Crippen LogP contribution is 2.39. The van der Waals surface area contributed by atoms with Gasteiger partial charge in [-0.15, -0.1) is 0 Å². The average Bonchev–Trinajstić information content (AvgIpc) is 2.53. The molecular weight excluding hydrogens is 210 g/mol. The minimum atomic E-state index is -0.938. The Hall–Kier alpha value is -1.16. The molecule has 0 saturated carbocycles. The topological polar surface area (TPSA) is 49.3 Å². The predicted molar refractivity (Wildman–Crippen MR) is 61.4 cm³/mol. The molecule has 0 radical (unpaired) electrons. The molecule has 2 atom stereocenters. The first-order chi connectivity index (χ1) is 7.22. The van der Waals surface area contributed by atoms with E-state index in [1.165, 1.54) is 11.1 Å². The molecule has 0 aliphatic heterocycles. The third-order valence-corrected chi connectivity index (χ3v) is 3.82. The van der Waals surface area contributed by atoms with Gasteiger partial charge in [-0.05, 0) is 23.8 Å². The summed E-state index contributed by atoms with van der Waals surface area (Å²) in [5, 5.41) is 11.6. The summed E-state index contributed by atoms with van der Waals surface area (Å²) in [5.74, 6) is 0. The molecule has 1 amide bonds. The lowest BCUT2D eigenvalue weighted by molar-refractivity contribution is 0.190. The van der Waals surface area contributed by atoms with Gasteiger partial charge in [0.15, 0.2) is 0 Å². The first-order valence-corrected chi connectivity index (χ1v) is 6.11. The van der Waals surface area contributed by atoms with Crippen molar-refractivity contribution < 1.29 is 9.90 Å². The van der Waals surface area contributed by atoms with Gasteiger partial charge in [-0.1, -0.05) is 24.3 Å². The molecule has 1 aliphatic carbocycles. The van der Waals surface area contributed by atoms with Crippen LogP contribution < -0.4 is 5.32 Å². The zero-order chi connectivity index (χ0) is 10.8. The average molecular weight is 223 g/mol. The first-order valence-electron chi connectivity index (χ1n) is 4.82. The smallest absolute Gasteiger partial charge is 0.404 e. The van der Waals surface area contributed by atoms with Gasteiger partial charge in [0.05, 0.1) is 11.3 Å². The molecule has 0 bridgehead atoms. The highest BCUT2D eigenvalue weighted by molar-refractivity contribution is 7.98. The number of rotatable bonds is 2. The summed E-state index contributed by atoms with van der Waals surface area (Å²) in [6, 6.07) is 8.17. The molecule has 1 aromatic carbocycles. The van der Waals surface area contributed by atoms with Gasteiger partial charge in [0, 0.05) is 0 Å². The van der Waals surface area contributed by atoms with Crippen molar-refractivity contribution in [2.24, 2.45) is 0 Å². The molecule has 0 aromatic heterocycles. The largest absolute Gasteiger partial charge is 0.465 e. The number of carbonyl (C=O) groups is 1. The van der Waals surface area contributed by atoms with E-state index in [9.17, 15) is 4.79 Å². The van der Waals surface area contributed by atoms with Crippen LogP contribution in [0.5, 0.6) is 0 Å².